The molecule has 5 nitrogen and oxygen atoms in total. The minimum Gasteiger partial charge on any atom is -0.348 e. The summed E-state index contributed by atoms with van der Waals surface area (Å²) in [6.07, 6.45) is 0.379. The number of aromatic nitrogens is 2. The average molecular weight is 373 g/mol. The van der Waals surface area contributed by atoms with Crippen molar-refractivity contribution in [2.24, 2.45) is 5.92 Å². The molecular formula is C19H14F3N3O2. The maximum absolute atomic E-state index is 13.8. The maximum Gasteiger partial charge on any atom is 0.258 e. The Bertz CT molecular complexity index is 985. The minimum absolute atomic E-state index is 0.000618. The molecule has 1 amide bonds. The molecule has 1 aliphatic carbocycles. The molecule has 0 saturated heterocycles. The molecule has 2 atom stereocenters. The Kier molecular flexibility index (Phi) is 4.39. The molecule has 0 aliphatic heterocycles. The van der Waals surface area contributed by atoms with Crippen molar-refractivity contribution in [1.29, 1.82) is 0 Å². The first kappa shape index (κ1) is 17.3. The first-order chi connectivity index (χ1) is 13.0. The lowest BCUT2D eigenvalue weighted by Gasteiger charge is -2.04. The first-order valence-corrected chi connectivity index (χ1v) is 8.33. The fraction of sp³-hybridized carbons (Fsp3) is 0.211. The van der Waals surface area contributed by atoms with Crippen molar-refractivity contribution in [1.82, 2.24) is 15.5 Å². The molecule has 1 fully saturated rings. The Balaban J connectivity index is 1.37. The average Bonchev–Trinajstić information content (AvgIpc) is 3.27. The summed E-state index contributed by atoms with van der Waals surface area (Å²) in [5.41, 5.74) is 0.378. The quantitative estimate of drug-likeness (QED) is 0.742. The molecule has 1 heterocycles. The molecule has 138 valence electrons. The van der Waals surface area contributed by atoms with E-state index in [9.17, 15) is 18.0 Å². The van der Waals surface area contributed by atoms with Crippen molar-refractivity contribution < 1.29 is 22.5 Å². The number of carbonyl (C=O) groups excluding carboxylic acids is 1. The normalized spacial score (nSPS) is 18.3. The van der Waals surface area contributed by atoms with Crippen molar-refractivity contribution in [3.05, 3.63) is 71.3 Å². The Morgan fingerprint density at radius 3 is 2.63 bits per heavy atom. The standard InChI is InChI=1S/C19H14F3N3O2/c20-11-4-1-3-10(7-11)19-24-16(25-27-19)9-23-18(26)13-8-12(13)17-14(21)5-2-6-15(17)22/h1-7,12-13H,8-9H2,(H,23,26)/t12-,13-/m1/s1. The fourth-order valence-corrected chi connectivity index (χ4v) is 3.03. The van der Waals surface area contributed by atoms with Crippen LogP contribution in [-0.4, -0.2) is 16.0 Å². The van der Waals surface area contributed by atoms with Crippen LogP contribution in [0.4, 0.5) is 13.2 Å². The molecule has 0 spiro atoms. The van der Waals surface area contributed by atoms with E-state index in [0.29, 0.717) is 12.0 Å². The van der Waals surface area contributed by atoms with Crippen LogP contribution in [0.25, 0.3) is 11.5 Å². The van der Waals surface area contributed by atoms with Gasteiger partial charge in [-0.3, -0.25) is 4.79 Å². The smallest absolute Gasteiger partial charge is 0.258 e. The molecule has 27 heavy (non-hydrogen) atoms. The van der Waals surface area contributed by atoms with E-state index in [4.69, 9.17) is 4.52 Å². The number of carbonyl (C=O) groups is 1. The lowest BCUT2D eigenvalue weighted by Crippen LogP contribution is -2.25. The SMILES string of the molecule is O=C(NCc1noc(-c2cccc(F)c2)n1)[C@@H]1C[C@H]1c1c(F)cccc1F. The monoisotopic (exact) mass is 373 g/mol. The number of rotatable bonds is 5. The van der Waals surface area contributed by atoms with Gasteiger partial charge in [0, 0.05) is 23.0 Å². The maximum atomic E-state index is 13.8. The van der Waals surface area contributed by atoms with Crippen molar-refractivity contribution in [2.75, 3.05) is 0 Å². The summed E-state index contributed by atoms with van der Waals surface area (Å²) in [4.78, 5) is 16.3. The zero-order valence-corrected chi connectivity index (χ0v) is 14.0. The van der Waals surface area contributed by atoms with Gasteiger partial charge in [-0.25, -0.2) is 13.2 Å². The predicted octanol–water partition coefficient (Wildman–Crippen LogP) is 3.57. The Hall–Kier alpha value is -3.16. The zero-order valence-electron chi connectivity index (χ0n) is 14.0. The van der Waals surface area contributed by atoms with Gasteiger partial charge in [0.15, 0.2) is 5.82 Å². The van der Waals surface area contributed by atoms with Crippen LogP contribution >= 0.6 is 0 Å². The molecule has 3 aromatic rings. The van der Waals surface area contributed by atoms with E-state index in [-0.39, 0.29) is 29.7 Å². The number of nitrogens with one attached hydrogen (secondary N) is 1. The van der Waals surface area contributed by atoms with E-state index in [2.05, 4.69) is 15.5 Å². The summed E-state index contributed by atoms with van der Waals surface area (Å²) < 4.78 is 45.9. The van der Waals surface area contributed by atoms with Gasteiger partial charge in [-0.15, -0.1) is 0 Å². The molecule has 0 radical (unpaired) electrons. The predicted molar refractivity (Wildman–Crippen MR) is 88.7 cm³/mol. The van der Waals surface area contributed by atoms with Crippen molar-refractivity contribution in [3.8, 4) is 11.5 Å². The van der Waals surface area contributed by atoms with Crippen LogP contribution in [0.15, 0.2) is 47.0 Å². The largest absolute Gasteiger partial charge is 0.348 e. The summed E-state index contributed by atoms with van der Waals surface area (Å²) in [6, 6.07) is 9.34. The molecule has 8 heteroatoms. The molecule has 0 unspecified atom stereocenters. The van der Waals surface area contributed by atoms with E-state index in [1.54, 1.807) is 6.07 Å². The van der Waals surface area contributed by atoms with Crippen molar-refractivity contribution in [2.45, 2.75) is 18.9 Å². The number of hydrogen-bond acceptors (Lipinski definition) is 4. The number of hydrogen-bond donors (Lipinski definition) is 1. The van der Waals surface area contributed by atoms with E-state index >= 15 is 0 Å². The third-order valence-corrected chi connectivity index (χ3v) is 4.46. The van der Waals surface area contributed by atoms with Crippen LogP contribution in [-0.2, 0) is 11.3 Å². The van der Waals surface area contributed by atoms with Gasteiger partial charge >= 0.3 is 0 Å². The summed E-state index contributed by atoms with van der Waals surface area (Å²) in [5, 5.41) is 6.37. The molecular weight excluding hydrogens is 359 g/mol. The van der Waals surface area contributed by atoms with E-state index in [1.807, 2.05) is 0 Å². The molecule has 0 bridgehead atoms. The molecule has 4 rings (SSSR count). The Morgan fingerprint density at radius 1 is 1.15 bits per heavy atom. The first-order valence-electron chi connectivity index (χ1n) is 8.33. The van der Waals surface area contributed by atoms with Gasteiger partial charge in [0.1, 0.15) is 17.5 Å². The number of benzene rings is 2. The van der Waals surface area contributed by atoms with E-state index in [0.717, 1.165) is 0 Å². The van der Waals surface area contributed by atoms with Crippen LogP contribution in [0.2, 0.25) is 0 Å². The number of amides is 1. The molecule has 1 aromatic heterocycles. The number of nitrogens with zero attached hydrogens (tertiary/aromatic N) is 2. The van der Waals surface area contributed by atoms with Crippen molar-refractivity contribution >= 4 is 5.91 Å². The second-order valence-electron chi connectivity index (χ2n) is 6.33. The van der Waals surface area contributed by atoms with E-state index < -0.39 is 29.3 Å². The Labute approximate surface area is 152 Å². The van der Waals surface area contributed by atoms with Gasteiger partial charge < -0.3 is 9.84 Å². The van der Waals surface area contributed by atoms with E-state index in [1.165, 1.54) is 36.4 Å². The fourth-order valence-electron chi connectivity index (χ4n) is 3.03. The highest BCUT2D eigenvalue weighted by molar-refractivity contribution is 5.82. The summed E-state index contributed by atoms with van der Waals surface area (Å²) in [7, 11) is 0. The van der Waals surface area contributed by atoms with Crippen LogP contribution in [0.5, 0.6) is 0 Å². The summed E-state index contributed by atoms with van der Waals surface area (Å²) in [5.74, 6) is -2.67. The third kappa shape index (κ3) is 3.55. The van der Waals surface area contributed by atoms with Crippen LogP contribution in [0.1, 0.15) is 23.7 Å². The van der Waals surface area contributed by atoms with Gasteiger partial charge in [-0.2, -0.15) is 4.98 Å². The van der Waals surface area contributed by atoms with Crippen LogP contribution < -0.4 is 5.32 Å². The van der Waals surface area contributed by atoms with Crippen LogP contribution in [0, 0.1) is 23.4 Å². The van der Waals surface area contributed by atoms with Gasteiger partial charge in [0.25, 0.3) is 5.89 Å². The Morgan fingerprint density at radius 2 is 1.89 bits per heavy atom. The lowest BCUT2D eigenvalue weighted by atomic mass is 10.1. The lowest BCUT2D eigenvalue weighted by molar-refractivity contribution is -0.122. The minimum atomic E-state index is -0.645. The summed E-state index contributed by atoms with van der Waals surface area (Å²) in [6.45, 7) is 0.000618. The third-order valence-electron chi connectivity index (χ3n) is 4.46. The topological polar surface area (TPSA) is 68.0 Å². The number of halogens is 3. The highest BCUT2D eigenvalue weighted by atomic mass is 19.1. The molecule has 1 aliphatic rings. The van der Waals surface area contributed by atoms with Crippen LogP contribution in [0.3, 0.4) is 0 Å². The van der Waals surface area contributed by atoms with Gasteiger partial charge in [0.2, 0.25) is 5.91 Å². The molecule has 1 saturated carbocycles. The molecule has 1 N–H and O–H groups in total. The highest BCUT2D eigenvalue weighted by Gasteiger charge is 2.46. The van der Waals surface area contributed by atoms with Gasteiger partial charge in [0.05, 0.1) is 6.54 Å². The van der Waals surface area contributed by atoms with Gasteiger partial charge in [-0.1, -0.05) is 17.3 Å². The second-order valence-corrected chi connectivity index (χ2v) is 6.33. The van der Waals surface area contributed by atoms with Crippen molar-refractivity contribution in [3.63, 3.8) is 0 Å². The zero-order chi connectivity index (χ0) is 19.0. The summed E-state index contributed by atoms with van der Waals surface area (Å²) >= 11 is 0. The van der Waals surface area contributed by atoms with Gasteiger partial charge in [-0.05, 0) is 36.8 Å². The highest BCUT2D eigenvalue weighted by Crippen LogP contribution is 2.49. The second kappa shape index (κ2) is 6.86. The molecule has 2 aromatic carbocycles.